The van der Waals surface area contributed by atoms with Gasteiger partial charge in [0.15, 0.2) is 0 Å². The third kappa shape index (κ3) is 4.56. The number of ether oxygens (including phenoxy) is 1. The number of hydrogen-bond acceptors (Lipinski definition) is 4. The third-order valence-corrected chi connectivity index (χ3v) is 5.17. The van der Waals surface area contributed by atoms with E-state index in [0.717, 1.165) is 49.3 Å². The van der Waals surface area contributed by atoms with Crippen molar-refractivity contribution in [2.24, 2.45) is 0 Å². The summed E-state index contributed by atoms with van der Waals surface area (Å²) >= 11 is 6.19. The Morgan fingerprint density at radius 1 is 1.21 bits per heavy atom. The Balaban J connectivity index is 1.76. The number of rotatable bonds is 4. The first-order valence-corrected chi connectivity index (χ1v) is 9.84. The second-order valence-corrected chi connectivity index (χ2v) is 7.53. The lowest BCUT2D eigenvalue weighted by molar-refractivity contribution is -0.114. The minimum absolute atomic E-state index is 0.152. The van der Waals surface area contributed by atoms with E-state index < -0.39 is 5.82 Å². The van der Waals surface area contributed by atoms with E-state index in [-0.39, 0.29) is 11.6 Å². The van der Waals surface area contributed by atoms with E-state index in [2.05, 4.69) is 10.2 Å². The molecule has 2 aromatic carbocycles. The van der Waals surface area contributed by atoms with Crippen LogP contribution in [0.25, 0.3) is 22.2 Å². The van der Waals surface area contributed by atoms with E-state index in [9.17, 15) is 9.18 Å². The normalized spacial score (nSPS) is 14.9. The van der Waals surface area contributed by atoms with Crippen molar-refractivity contribution in [3.05, 3.63) is 58.9 Å². The SMILES string of the molecule is CC(=O)Nc1ccc(-c2cc(CN3CCOCC3)c3ccc(Cl)cc3n2)cc1F. The summed E-state index contributed by atoms with van der Waals surface area (Å²) in [6.07, 6.45) is 0. The number of pyridine rings is 1. The maximum atomic E-state index is 14.5. The van der Waals surface area contributed by atoms with Gasteiger partial charge in [-0.2, -0.15) is 0 Å². The number of amides is 1. The first kappa shape index (κ1) is 19.8. The average molecular weight is 414 g/mol. The molecule has 0 atom stereocenters. The van der Waals surface area contributed by atoms with Crippen molar-refractivity contribution >= 4 is 34.1 Å². The van der Waals surface area contributed by atoms with Crippen LogP contribution >= 0.6 is 11.6 Å². The molecule has 29 heavy (non-hydrogen) atoms. The molecule has 3 aromatic rings. The van der Waals surface area contributed by atoms with E-state index >= 15 is 0 Å². The molecular weight excluding hydrogens is 393 g/mol. The van der Waals surface area contributed by atoms with Crippen LogP contribution in [0.2, 0.25) is 5.02 Å². The molecule has 1 fully saturated rings. The number of nitrogens with one attached hydrogen (secondary N) is 1. The Morgan fingerprint density at radius 3 is 2.72 bits per heavy atom. The van der Waals surface area contributed by atoms with Crippen LogP contribution in [0.5, 0.6) is 0 Å². The number of morpholine rings is 1. The highest BCUT2D eigenvalue weighted by molar-refractivity contribution is 6.31. The van der Waals surface area contributed by atoms with Gasteiger partial charge >= 0.3 is 0 Å². The van der Waals surface area contributed by atoms with E-state index in [1.54, 1.807) is 12.1 Å². The molecule has 1 aliphatic rings. The summed E-state index contributed by atoms with van der Waals surface area (Å²) in [5.41, 5.74) is 3.33. The highest BCUT2D eigenvalue weighted by atomic mass is 35.5. The summed E-state index contributed by atoms with van der Waals surface area (Å²) < 4.78 is 19.9. The van der Waals surface area contributed by atoms with Gasteiger partial charge in [0, 0.05) is 42.5 Å². The molecule has 0 spiro atoms. The van der Waals surface area contributed by atoms with E-state index in [0.29, 0.717) is 16.3 Å². The number of nitrogens with zero attached hydrogens (tertiary/aromatic N) is 2. The largest absolute Gasteiger partial charge is 0.379 e. The van der Waals surface area contributed by atoms with Crippen molar-refractivity contribution < 1.29 is 13.9 Å². The zero-order chi connectivity index (χ0) is 20.4. The van der Waals surface area contributed by atoms with E-state index in [1.807, 2.05) is 24.3 Å². The van der Waals surface area contributed by atoms with Crippen LogP contribution in [0, 0.1) is 5.82 Å². The molecule has 1 amide bonds. The zero-order valence-electron chi connectivity index (χ0n) is 16.0. The lowest BCUT2D eigenvalue weighted by Gasteiger charge is -2.27. The number of anilines is 1. The van der Waals surface area contributed by atoms with Crippen LogP contribution in [0.15, 0.2) is 42.5 Å². The van der Waals surface area contributed by atoms with Gasteiger partial charge in [-0.1, -0.05) is 23.7 Å². The molecule has 0 unspecified atom stereocenters. The van der Waals surface area contributed by atoms with Crippen LogP contribution in [-0.4, -0.2) is 42.1 Å². The molecule has 0 bridgehead atoms. The summed E-state index contributed by atoms with van der Waals surface area (Å²) in [6, 6.07) is 12.4. The molecule has 150 valence electrons. The fraction of sp³-hybridized carbons (Fsp3) is 0.273. The molecular formula is C22H21ClFN3O2. The maximum absolute atomic E-state index is 14.5. The van der Waals surface area contributed by atoms with Gasteiger partial charge in [0.2, 0.25) is 5.91 Å². The average Bonchev–Trinajstić information content (AvgIpc) is 2.69. The Kier molecular flexibility index (Phi) is 5.76. The van der Waals surface area contributed by atoms with Crippen molar-refractivity contribution in [1.82, 2.24) is 9.88 Å². The van der Waals surface area contributed by atoms with E-state index in [4.69, 9.17) is 21.3 Å². The number of hydrogen-bond donors (Lipinski definition) is 1. The van der Waals surface area contributed by atoms with E-state index in [1.165, 1.54) is 13.0 Å². The number of aromatic nitrogens is 1. The highest BCUT2D eigenvalue weighted by Gasteiger charge is 2.15. The minimum atomic E-state index is -0.500. The lowest BCUT2D eigenvalue weighted by atomic mass is 10.0. The first-order chi connectivity index (χ1) is 14.0. The maximum Gasteiger partial charge on any atom is 0.221 e. The van der Waals surface area contributed by atoms with Crippen LogP contribution in [-0.2, 0) is 16.1 Å². The number of benzene rings is 2. The summed E-state index contributed by atoms with van der Waals surface area (Å²) in [7, 11) is 0. The Labute approximate surface area is 173 Å². The van der Waals surface area contributed by atoms with Crippen molar-refractivity contribution in [2.45, 2.75) is 13.5 Å². The molecule has 0 aliphatic carbocycles. The Hall–Kier alpha value is -2.54. The van der Waals surface area contributed by atoms with Gasteiger partial charge in [-0.3, -0.25) is 9.69 Å². The van der Waals surface area contributed by atoms with Gasteiger partial charge in [0.1, 0.15) is 5.82 Å². The van der Waals surface area contributed by atoms with Gasteiger partial charge < -0.3 is 10.1 Å². The summed E-state index contributed by atoms with van der Waals surface area (Å²) in [6.45, 7) is 5.28. The molecule has 0 radical (unpaired) electrons. The van der Waals surface area contributed by atoms with Gasteiger partial charge in [-0.05, 0) is 35.9 Å². The molecule has 1 saturated heterocycles. The van der Waals surface area contributed by atoms with Gasteiger partial charge in [0.25, 0.3) is 0 Å². The molecule has 0 saturated carbocycles. The minimum Gasteiger partial charge on any atom is -0.379 e. The van der Waals surface area contributed by atoms with Crippen molar-refractivity contribution in [1.29, 1.82) is 0 Å². The summed E-state index contributed by atoms with van der Waals surface area (Å²) in [5, 5.41) is 4.12. The predicted octanol–water partition coefficient (Wildman–Crippen LogP) is 4.48. The second-order valence-electron chi connectivity index (χ2n) is 7.09. The molecule has 4 rings (SSSR count). The molecule has 2 heterocycles. The fourth-order valence-electron chi connectivity index (χ4n) is 3.52. The lowest BCUT2D eigenvalue weighted by Crippen LogP contribution is -2.35. The number of carbonyl (C=O) groups excluding carboxylic acids is 1. The quantitative estimate of drug-likeness (QED) is 0.685. The second kappa shape index (κ2) is 8.45. The molecule has 5 nitrogen and oxygen atoms in total. The van der Waals surface area contributed by atoms with Gasteiger partial charge in [0.05, 0.1) is 30.1 Å². The summed E-state index contributed by atoms with van der Waals surface area (Å²) in [4.78, 5) is 18.3. The molecule has 1 aliphatic heterocycles. The monoisotopic (exact) mass is 413 g/mol. The number of carbonyl (C=O) groups is 1. The predicted molar refractivity (Wildman–Crippen MR) is 113 cm³/mol. The summed E-state index contributed by atoms with van der Waals surface area (Å²) in [5.74, 6) is -0.816. The highest BCUT2D eigenvalue weighted by Crippen LogP contribution is 2.29. The number of halogens is 2. The van der Waals surface area contributed by atoms with Crippen molar-refractivity contribution in [2.75, 3.05) is 31.6 Å². The van der Waals surface area contributed by atoms with Crippen molar-refractivity contribution in [3.63, 3.8) is 0 Å². The molecule has 1 aromatic heterocycles. The van der Waals surface area contributed by atoms with Gasteiger partial charge in [-0.25, -0.2) is 9.37 Å². The first-order valence-electron chi connectivity index (χ1n) is 9.46. The van der Waals surface area contributed by atoms with Crippen LogP contribution in [0.1, 0.15) is 12.5 Å². The Bertz CT molecular complexity index is 1070. The third-order valence-electron chi connectivity index (χ3n) is 4.93. The Morgan fingerprint density at radius 2 is 2.00 bits per heavy atom. The standard InChI is InChI=1S/C22H21ClFN3O2/c1-14(28)25-20-5-2-15(10-19(20)24)21-11-16(13-27-6-8-29-9-7-27)18-4-3-17(23)12-22(18)26-21/h2-5,10-12H,6-9,13H2,1H3,(H,25,28). The molecule has 1 N–H and O–H groups in total. The van der Waals surface area contributed by atoms with Crippen molar-refractivity contribution in [3.8, 4) is 11.3 Å². The fourth-order valence-corrected chi connectivity index (χ4v) is 3.68. The van der Waals surface area contributed by atoms with Gasteiger partial charge in [-0.15, -0.1) is 0 Å². The smallest absolute Gasteiger partial charge is 0.221 e. The molecule has 7 heteroatoms. The number of fused-ring (bicyclic) bond motifs is 1. The topological polar surface area (TPSA) is 54.5 Å². The van der Waals surface area contributed by atoms with Crippen LogP contribution in [0.4, 0.5) is 10.1 Å². The van der Waals surface area contributed by atoms with Crippen LogP contribution in [0.3, 0.4) is 0 Å². The zero-order valence-corrected chi connectivity index (χ0v) is 16.8. The van der Waals surface area contributed by atoms with Crippen LogP contribution < -0.4 is 5.32 Å².